The lowest BCUT2D eigenvalue weighted by atomic mass is 9.85. The van der Waals surface area contributed by atoms with Crippen LogP contribution in [0.15, 0.2) is 60.7 Å². The maximum absolute atomic E-state index is 2.48. The van der Waals surface area contributed by atoms with Gasteiger partial charge in [-0.15, -0.1) is 0 Å². The summed E-state index contributed by atoms with van der Waals surface area (Å²) in [5.41, 5.74) is 2.94. The maximum atomic E-state index is 2.48. The van der Waals surface area contributed by atoms with E-state index in [1.165, 1.54) is 5.56 Å². The van der Waals surface area contributed by atoms with E-state index in [9.17, 15) is 0 Å². The largest absolute Gasteiger partial charge is 0.0807 e. The Labute approximate surface area is 96.0 Å². The minimum atomic E-state index is 0.660. The molecule has 78 valence electrons. The van der Waals surface area contributed by atoms with Crippen LogP contribution in [0.1, 0.15) is 5.56 Å². The molecule has 0 N–H and O–H groups in total. The standard InChI is InChI=1S/C16H14/c1-2-4-11(5-3-1)15-10-13-7-6-12-8-9-14(15)16(12)13/h1-10,12-14,16H. The Hall–Kier alpha value is -1.56. The van der Waals surface area contributed by atoms with Gasteiger partial charge in [0.1, 0.15) is 0 Å². The van der Waals surface area contributed by atoms with Gasteiger partial charge in [-0.05, 0) is 28.9 Å². The number of benzene rings is 1. The van der Waals surface area contributed by atoms with Gasteiger partial charge in [0.05, 0.1) is 0 Å². The lowest BCUT2D eigenvalue weighted by Crippen LogP contribution is -2.12. The molecule has 3 aliphatic carbocycles. The molecular weight excluding hydrogens is 192 g/mol. The van der Waals surface area contributed by atoms with Gasteiger partial charge in [-0.2, -0.15) is 0 Å². The van der Waals surface area contributed by atoms with E-state index in [0.717, 1.165) is 5.92 Å². The molecule has 0 fully saturated rings. The summed E-state index contributed by atoms with van der Waals surface area (Å²) >= 11 is 0. The smallest absolute Gasteiger partial charge is 0.00667 e. The van der Waals surface area contributed by atoms with E-state index < -0.39 is 0 Å². The van der Waals surface area contributed by atoms with Crippen LogP contribution < -0.4 is 0 Å². The van der Waals surface area contributed by atoms with Crippen molar-refractivity contribution in [2.24, 2.45) is 23.7 Å². The van der Waals surface area contributed by atoms with E-state index in [1.807, 2.05) is 0 Å². The quantitative estimate of drug-likeness (QED) is 0.615. The molecule has 4 atom stereocenters. The molecule has 0 heteroatoms. The maximum Gasteiger partial charge on any atom is 0.00667 e. The second kappa shape index (κ2) is 2.98. The molecule has 1 aromatic carbocycles. The normalized spacial score (nSPS) is 37.9. The van der Waals surface area contributed by atoms with Gasteiger partial charge in [0, 0.05) is 5.92 Å². The Morgan fingerprint density at radius 1 is 0.750 bits per heavy atom. The lowest BCUT2D eigenvalue weighted by Gasteiger charge is -2.17. The molecule has 0 aliphatic heterocycles. The Kier molecular flexibility index (Phi) is 1.59. The van der Waals surface area contributed by atoms with Gasteiger partial charge in [0.2, 0.25) is 0 Å². The first-order valence-corrected chi connectivity index (χ1v) is 6.07. The average molecular weight is 206 g/mol. The van der Waals surface area contributed by atoms with Gasteiger partial charge in [0.15, 0.2) is 0 Å². The third-order valence-electron chi connectivity index (χ3n) is 4.24. The molecule has 0 heterocycles. The average Bonchev–Trinajstić information content (AvgIpc) is 2.99. The van der Waals surface area contributed by atoms with Gasteiger partial charge in [-0.1, -0.05) is 60.7 Å². The van der Waals surface area contributed by atoms with E-state index in [4.69, 9.17) is 0 Å². The molecule has 0 spiro atoms. The second-order valence-corrected chi connectivity index (χ2v) is 5.02. The molecule has 0 nitrogen and oxygen atoms in total. The van der Waals surface area contributed by atoms with Crippen molar-refractivity contribution in [3.8, 4) is 0 Å². The number of allylic oxidation sites excluding steroid dienone is 6. The van der Waals surface area contributed by atoms with Crippen molar-refractivity contribution in [3.05, 3.63) is 66.3 Å². The summed E-state index contributed by atoms with van der Waals surface area (Å²) in [4.78, 5) is 0. The van der Waals surface area contributed by atoms with Crippen LogP contribution in [0.25, 0.3) is 5.57 Å². The van der Waals surface area contributed by atoms with Gasteiger partial charge in [-0.25, -0.2) is 0 Å². The summed E-state index contributed by atoms with van der Waals surface area (Å²) < 4.78 is 0. The van der Waals surface area contributed by atoms with Gasteiger partial charge in [-0.3, -0.25) is 0 Å². The highest BCUT2D eigenvalue weighted by Gasteiger charge is 2.44. The first kappa shape index (κ1) is 8.58. The van der Waals surface area contributed by atoms with Crippen LogP contribution in [0.4, 0.5) is 0 Å². The van der Waals surface area contributed by atoms with Crippen molar-refractivity contribution in [3.63, 3.8) is 0 Å². The minimum absolute atomic E-state index is 0.660. The summed E-state index contributed by atoms with van der Waals surface area (Å²) in [6.07, 6.45) is 12.1. The molecule has 16 heavy (non-hydrogen) atoms. The van der Waals surface area contributed by atoms with Crippen molar-refractivity contribution in [1.82, 2.24) is 0 Å². The first-order valence-electron chi connectivity index (χ1n) is 6.07. The van der Waals surface area contributed by atoms with Crippen LogP contribution in [-0.2, 0) is 0 Å². The highest BCUT2D eigenvalue weighted by Crippen LogP contribution is 2.53. The lowest BCUT2D eigenvalue weighted by molar-refractivity contribution is 0.423. The van der Waals surface area contributed by atoms with Gasteiger partial charge >= 0.3 is 0 Å². The van der Waals surface area contributed by atoms with Crippen LogP contribution in [-0.4, -0.2) is 0 Å². The van der Waals surface area contributed by atoms with Crippen molar-refractivity contribution < 1.29 is 0 Å². The summed E-state index contributed by atoms with van der Waals surface area (Å²) in [5.74, 6) is 2.84. The van der Waals surface area contributed by atoms with Crippen LogP contribution in [0.5, 0.6) is 0 Å². The van der Waals surface area contributed by atoms with Crippen molar-refractivity contribution in [2.45, 2.75) is 0 Å². The summed E-state index contributed by atoms with van der Waals surface area (Å²) in [6, 6.07) is 10.8. The van der Waals surface area contributed by atoms with Gasteiger partial charge < -0.3 is 0 Å². The van der Waals surface area contributed by atoms with E-state index in [-0.39, 0.29) is 0 Å². The monoisotopic (exact) mass is 206 g/mol. The van der Waals surface area contributed by atoms with E-state index in [2.05, 4.69) is 60.7 Å². The molecule has 0 saturated carbocycles. The third-order valence-corrected chi connectivity index (χ3v) is 4.24. The van der Waals surface area contributed by atoms with E-state index in [1.54, 1.807) is 5.57 Å². The van der Waals surface area contributed by atoms with Crippen LogP contribution in [0.3, 0.4) is 0 Å². The van der Waals surface area contributed by atoms with Crippen molar-refractivity contribution in [1.29, 1.82) is 0 Å². The molecule has 0 aromatic heterocycles. The van der Waals surface area contributed by atoms with E-state index in [0.29, 0.717) is 17.8 Å². The Morgan fingerprint density at radius 2 is 1.50 bits per heavy atom. The van der Waals surface area contributed by atoms with Crippen LogP contribution in [0.2, 0.25) is 0 Å². The summed E-state index contributed by atoms with van der Waals surface area (Å²) in [6.45, 7) is 0. The number of rotatable bonds is 1. The molecule has 0 radical (unpaired) electrons. The fourth-order valence-corrected chi connectivity index (χ4v) is 3.53. The fourth-order valence-electron chi connectivity index (χ4n) is 3.53. The number of hydrogen-bond acceptors (Lipinski definition) is 0. The molecule has 4 rings (SSSR count). The molecular formula is C16H14. The predicted octanol–water partition coefficient (Wildman–Crippen LogP) is 3.69. The second-order valence-electron chi connectivity index (χ2n) is 5.02. The SMILES string of the molecule is C1=CC2C=C(c3ccccc3)C3C=CC1C23. The van der Waals surface area contributed by atoms with E-state index >= 15 is 0 Å². The molecule has 0 amide bonds. The Balaban J connectivity index is 1.82. The highest BCUT2D eigenvalue weighted by molar-refractivity contribution is 5.73. The van der Waals surface area contributed by atoms with Crippen LogP contribution in [0, 0.1) is 23.7 Å². The first-order chi connectivity index (χ1) is 7.93. The summed E-state index contributed by atoms with van der Waals surface area (Å²) in [5, 5.41) is 0. The molecule has 0 bridgehead atoms. The zero-order valence-corrected chi connectivity index (χ0v) is 9.08. The fraction of sp³-hybridized carbons (Fsp3) is 0.250. The Bertz CT molecular complexity index is 504. The van der Waals surface area contributed by atoms with Crippen LogP contribution >= 0.6 is 0 Å². The molecule has 4 unspecified atom stereocenters. The molecule has 3 aliphatic rings. The minimum Gasteiger partial charge on any atom is -0.0807 e. The van der Waals surface area contributed by atoms with Crippen molar-refractivity contribution in [2.75, 3.05) is 0 Å². The Morgan fingerprint density at radius 3 is 2.38 bits per heavy atom. The number of hydrogen-bond donors (Lipinski definition) is 0. The van der Waals surface area contributed by atoms with Gasteiger partial charge in [0.25, 0.3) is 0 Å². The zero-order valence-electron chi connectivity index (χ0n) is 9.08. The predicted molar refractivity (Wildman–Crippen MR) is 66.7 cm³/mol. The molecule has 1 aromatic rings. The third kappa shape index (κ3) is 0.996. The highest BCUT2D eigenvalue weighted by atomic mass is 14.5. The molecule has 0 saturated heterocycles. The zero-order chi connectivity index (χ0) is 10.5. The van der Waals surface area contributed by atoms with Crippen molar-refractivity contribution >= 4 is 5.57 Å². The summed E-state index contributed by atoms with van der Waals surface area (Å²) in [7, 11) is 0. The topological polar surface area (TPSA) is 0 Å².